The number of hydrogen-bond acceptors (Lipinski definition) is 5. The lowest BCUT2D eigenvalue weighted by Gasteiger charge is -2.13. The van der Waals surface area contributed by atoms with Crippen molar-refractivity contribution in [2.24, 2.45) is 0 Å². The molecular weight excluding hydrogens is 312 g/mol. The van der Waals surface area contributed by atoms with E-state index in [0.717, 1.165) is 11.3 Å². The van der Waals surface area contributed by atoms with E-state index in [1.807, 2.05) is 17.7 Å². The van der Waals surface area contributed by atoms with E-state index in [-0.39, 0.29) is 11.9 Å². The highest BCUT2D eigenvalue weighted by atomic mass is 32.1. The van der Waals surface area contributed by atoms with Gasteiger partial charge >= 0.3 is 0 Å². The van der Waals surface area contributed by atoms with Crippen LogP contribution in [0.25, 0.3) is 10.8 Å². The van der Waals surface area contributed by atoms with Crippen LogP contribution in [0.4, 0.5) is 5.82 Å². The number of thiazole rings is 1. The molecule has 0 saturated carbocycles. The van der Waals surface area contributed by atoms with Gasteiger partial charge in [0, 0.05) is 10.9 Å². The fourth-order valence-electron chi connectivity index (χ4n) is 2.23. The van der Waals surface area contributed by atoms with Crippen LogP contribution >= 0.6 is 11.3 Å². The first-order valence-corrected chi connectivity index (χ1v) is 8.28. The number of nitrogens with one attached hydrogen (secondary N) is 1. The van der Waals surface area contributed by atoms with Gasteiger partial charge in [-0.1, -0.05) is 6.92 Å². The predicted molar refractivity (Wildman–Crippen MR) is 89.7 cm³/mol. The van der Waals surface area contributed by atoms with E-state index in [1.165, 1.54) is 11.3 Å². The predicted octanol–water partition coefficient (Wildman–Crippen LogP) is 4.13. The van der Waals surface area contributed by atoms with Crippen LogP contribution in [0.15, 0.2) is 35.1 Å². The number of nitrogens with zero attached hydrogens (tertiary/aromatic N) is 3. The van der Waals surface area contributed by atoms with Gasteiger partial charge < -0.3 is 9.73 Å². The minimum absolute atomic E-state index is 0.218. The molecule has 3 aromatic heterocycles. The summed E-state index contributed by atoms with van der Waals surface area (Å²) in [5, 5.41) is 7.87. The molecule has 3 heterocycles. The number of anilines is 1. The fourth-order valence-corrected chi connectivity index (χ4v) is 3.10. The van der Waals surface area contributed by atoms with Crippen molar-refractivity contribution in [2.75, 3.05) is 5.32 Å². The summed E-state index contributed by atoms with van der Waals surface area (Å²) >= 11 is 1.44. The maximum atomic E-state index is 12.5. The van der Waals surface area contributed by atoms with Gasteiger partial charge in [0.15, 0.2) is 10.8 Å². The smallest absolute Gasteiger partial charge is 0.276 e. The minimum Gasteiger partial charge on any atom is -0.462 e. The molecule has 0 radical (unpaired) electrons. The van der Waals surface area contributed by atoms with Gasteiger partial charge in [0.1, 0.15) is 11.5 Å². The van der Waals surface area contributed by atoms with E-state index in [9.17, 15) is 4.79 Å². The highest BCUT2D eigenvalue weighted by Crippen LogP contribution is 2.28. The Morgan fingerprint density at radius 1 is 1.48 bits per heavy atom. The van der Waals surface area contributed by atoms with Crippen molar-refractivity contribution in [1.82, 2.24) is 14.8 Å². The number of carbonyl (C=O) groups excluding carboxylic acids is 1. The molecule has 0 fully saturated rings. The van der Waals surface area contributed by atoms with E-state index in [4.69, 9.17) is 4.42 Å². The van der Waals surface area contributed by atoms with Crippen molar-refractivity contribution < 1.29 is 9.21 Å². The summed E-state index contributed by atoms with van der Waals surface area (Å²) < 4.78 is 7.15. The number of amides is 1. The Morgan fingerprint density at radius 3 is 3.00 bits per heavy atom. The number of furan rings is 1. The number of hydrogen-bond donors (Lipinski definition) is 1. The molecule has 0 bridgehead atoms. The molecule has 0 aromatic carbocycles. The molecule has 1 unspecified atom stereocenters. The van der Waals surface area contributed by atoms with Crippen molar-refractivity contribution in [3.05, 3.63) is 41.2 Å². The van der Waals surface area contributed by atoms with Crippen molar-refractivity contribution in [3.8, 4) is 10.8 Å². The zero-order valence-corrected chi connectivity index (χ0v) is 14.1. The Kier molecular flexibility index (Phi) is 4.29. The van der Waals surface area contributed by atoms with Gasteiger partial charge in [-0.15, -0.1) is 11.3 Å². The minimum atomic E-state index is -0.235. The van der Waals surface area contributed by atoms with Crippen LogP contribution in [0.2, 0.25) is 0 Å². The number of rotatable bonds is 5. The summed E-state index contributed by atoms with van der Waals surface area (Å²) in [5.74, 6) is 1.11. The second kappa shape index (κ2) is 6.37. The maximum absolute atomic E-state index is 12.5. The molecule has 1 amide bonds. The molecule has 0 aliphatic rings. The Balaban J connectivity index is 1.83. The zero-order valence-electron chi connectivity index (χ0n) is 13.2. The van der Waals surface area contributed by atoms with Crippen molar-refractivity contribution in [3.63, 3.8) is 0 Å². The number of aryl methyl sites for hydroxylation is 1. The quantitative estimate of drug-likeness (QED) is 0.763. The second-order valence-corrected chi connectivity index (χ2v) is 6.48. The Hall–Kier alpha value is -2.41. The topological polar surface area (TPSA) is 73.0 Å². The van der Waals surface area contributed by atoms with E-state index in [2.05, 4.69) is 29.2 Å². The molecule has 7 heteroatoms. The SMILES string of the molecule is CCC(C)n1nccc1NC(=O)c1nc(-c2ccco2)sc1C. The Bertz CT molecular complexity index is 804. The van der Waals surface area contributed by atoms with Gasteiger partial charge in [-0.2, -0.15) is 5.10 Å². The molecule has 1 atom stereocenters. The number of carbonyl (C=O) groups is 1. The van der Waals surface area contributed by atoms with Crippen LogP contribution in [0, 0.1) is 6.92 Å². The second-order valence-electron chi connectivity index (χ2n) is 5.27. The fraction of sp³-hybridized carbons (Fsp3) is 0.312. The van der Waals surface area contributed by atoms with E-state index in [1.54, 1.807) is 24.6 Å². The molecule has 23 heavy (non-hydrogen) atoms. The summed E-state index contributed by atoms with van der Waals surface area (Å²) in [6, 6.07) is 5.64. The van der Waals surface area contributed by atoms with Gasteiger partial charge in [-0.05, 0) is 32.4 Å². The molecule has 3 rings (SSSR count). The van der Waals surface area contributed by atoms with Gasteiger partial charge in [0.2, 0.25) is 0 Å². The molecule has 0 saturated heterocycles. The summed E-state index contributed by atoms with van der Waals surface area (Å²) in [4.78, 5) is 17.8. The lowest BCUT2D eigenvalue weighted by molar-refractivity contribution is 0.102. The molecule has 0 aliphatic heterocycles. The monoisotopic (exact) mass is 330 g/mol. The highest BCUT2D eigenvalue weighted by Gasteiger charge is 2.19. The molecule has 0 aliphatic carbocycles. The lowest BCUT2D eigenvalue weighted by atomic mass is 10.3. The van der Waals surface area contributed by atoms with E-state index in [0.29, 0.717) is 22.3 Å². The molecule has 120 valence electrons. The third-order valence-electron chi connectivity index (χ3n) is 3.66. The Labute approximate surface area is 138 Å². The van der Waals surface area contributed by atoms with E-state index < -0.39 is 0 Å². The van der Waals surface area contributed by atoms with Crippen LogP contribution in [0.5, 0.6) is 0 Å². The average Bonchev–Trinajstić information content (AvgIpc) is 3.25. The summed E-state index contributed by atoms with van der Waals surface area (Å²) in [6.45, 7) is 6.02. The summed E-state index contributed by atoms with van der Waals surface area (Å²) in [5.41, 5.74) is 0.415. The third kappa shape index (κ3) is 3.05. The summed E-state index contributed by atoms with van der Waals surface area (Å²) in [6.07, 6.45) is 4.21. The van der Waals surface area contributed by atoms with Crippen LogP contribution in [0.1, 0.15) is 41.7 Å². The normalized spacial score (nSPS) is 12.3. The Morgan fingerprint density at radius 2 is 2.30 bits per heavy atom. The van der Waals surface area contributed by atoms with E-state index >= 15 is 0 Å². The van der Waals surface area contributed by atoms with Gasteiger partial charge in [-0.3, -0.25) is 4.79 Å². The van der Waals surface area contributed by atoms with Crippen molar-refractivity contribution in [2.45, 2.75) is 33.2 Å². The highest BCUT2D eigenvalue weighted by molar-refractivity contribution is 7.15. The van der Waals surface area contributed by atoms with Crippen molar-refractivity contribution >= 4 is 23.1 Å². The van der Waals surface area contributed by atoms with Gasteiger partial charge in [-0.25, -0.2) is 9.67 Å². The molecular formula is C16H18N4O2S. The summed E-state index contributed by atoms with van der Waals surface area (Å²) in [7, 11) is 0. The van der Waals surface area contributed by atoms with Gasteiger partial charge in [0.25, 0.3) is 5.91 Å². The average molecular weight is 330 g/mol. The first-order valence-electron chi connectivity index (χ1n) is 7.46. The lowest BCUT2D eigenvalue weighted by Crippen LogP contribution is -2.18. The largest absolute Gasteiger partial charge is 0.462 e. The first-order chi connectivity index (χ1) is 11.1. The standard InChI is InChI=1S/C16H18N4O2S/c1-4-10(2)20-13(7-8-17-20)18-15(21)14-11(3)23-16(19-14)12-6-5-9-22-12/h5-10H,4H2,1-3H3,(H,18,21). The molecule has 0 spiro atoms. The van der Waals surface area contributed by atoms with Crippen LogP contribution in [0.3, 0.4) is 0 Å². The zero-order chi connectivity index (χ0) is 16.4. The van der Waals surface area contributed by atoms with Crippen LogP contribution in [-0.2, 0) is 0 Å². The van der Waals surface area contributed by atoms with Crippen LogP contribution < -0.4 is 5.32 Å². The van der Waals surface area contributed by atoms with Crippen LogP contribution in [-0.4, -0.2) is 20.7 Å². The third-order valence-corrected chi connectivity index (χ3v) is 4.65. The van der Waals surface area contributed by atoms with Gasteiger partial charge in [0.05, 0.1) is 18.5 Å². The van der Waals surface area contributed by atoms with Crippen molar-refractivity contribution in [1.29, 1.82) is 0 Å². The number of aromatic nitrogens is 3. The molecule has 6 nitrogen and oxygen atoms in total. The molecule has 1 N–H and O–H groups in total. The molecule has 3 aromatic rings. The first kappa shape index (κ1) is 15.5. The maximum Gasteiger partial charge on any atom is 0.276 e.